The predicted octanol–water partition coefficient (Wildman–Crippen LogP) is 1.80. The molecule has 7 heteroatoms. The van der Waals surface area contributed by atoms with E-state index in [0.717, 1.165) is 16.6 Å². The highest BCUT2D eigenvalue weighted by Gasteiger charge is 2.03. The summed E-state index contributed by atoms with van der Waals surface area (Å²) < 4.78 is 4.83. The van der Waals surface area contributed by atoms with Gasteiger partial charge in [-0.15, -0.1) is 0 Å². The molecule has 0 saturated carbocycles. The second kappa shape index (κ2) is 6.85. The van der Waals surface area contributed by atoms with Crippen molar-refractivity contribution in [1.29, 1.82) is 0 Å². The third kappa shape index (κ3) is 3.92. The summed E-state index contributed by atoms with van der Waals surface area (Å²) in [5.74, 6) is -0.235. The van der Waals surface area contributed by atoms with Gasteiger partial charge in [0.25, 0.3) is 0 Å². The highest BCUT2D eigenvalue weighted by atomic mass is 32.1. The number of benzene rings is 1. The molecule has 0 fully saturated rings. The normalized spacial score (nSPS) is 10.2. The zero-order chi connectivity index (χ0) is 14.4. The van der Waals surface area contributed by atoms with Gasteiger partial charge in [-0.1, -0.05) is 0 Å². The van der Waals surface area contributed by atoms with Crippen molar-refractivity contribution in [3.05, 3.63) is 24.4 Å². The molecule has 2 aromatic rings. The Bertz CT molecular complexity index is 611. The number of anilines is 1. The quantitative estimate of drug-likeness (QED) is 0.576. The number of fused-ring (bicyclic) bond motifs is 1. The standard InChI is InChI=1S/C13H16N4O2S/c1-2-19-12(18)5-6-14-13(20)16-10-4-3-9-8-15-17-11(9)7-10/h3-4,7-8H,2,5-6H2,1H3,(H,15,17)(H2,14,16,20). The van der Waals surface area contributed by atoms with Gasteiger partial charge in [-0.05, 0) is 37.3 Å². The maximum Gasteiger partial charge on any atom is 0.307 e. The summed E-state index contributed by atoms with van der Waals surface area (Å²) >= 11 is 5.15. The predicted molar refractivity (Wildman–Crippen MR) is 81.6 cm³/mol. The molecule has 0 aliphatic heterocycles. The van der Waals surface area contributed by atoms with Crippen LogP contribution in [0.4, 0.5) is 5.69 Å². The number of carbonyl (C=O) groups excluding carboxylic acids is 1. The Morgan fingerprint density at radius 2 is 2.35 bits per heavy atom. The van der Waals surface area contributed by atoms with Gasteiger partial charge in [-0.3, -0.25) is 9.89 Å². The van der Waals surface area contributed by atoms with E-state index in [-0.39, 0.29) is 12.4 Å². The summed E-state index contributed by atoms with van der Waals surface area (Å²) in [6.45, 7) is 2.62. The summed E-state index contributed by atoms with van der Waals surface area (Å²) in [6, 6.07) is 5.78. The van der Waals surface area contributed by atoms with Gasteiger partial charge in [0, 0.05) is 17.6 Å². The molecule has 0 radical (unpaired) electrons. The Balaban J connectivity index is 1.80. The highest BCUT2D eigenvalue weighted by Crippen LogP contribution is 2.16. The van der Waals surface area contributed by atoms with E-state index in [0.29, 0.717) is 18.3 Å². The van der Waals surface area contributed by atoms with Crippen LogP contribution in [0.5, 0.6) is 0 Å². The average Bonchev–Trinajstić information content (AvgIpc) is 2.86. The van der Waals surface area contributed by atoms with Crippen LogP contribution in [0.3, 0.4) is 0 Å². The van der Waals surface area contributed by atoms with E-state index in [1.165, 1.54) is 0 Å². The van der Waals surface area contributed by atoms with Gasteiger partial charge in [0.05, 0.1) is 24.7 Å². The first-order valence-corrected chi connectivity index (χ1v) is 6.73. The highest BCUT2D eigenvalue weighted by molar-refractivity contribution is 7.80. The van der Waals surface area contributed by atoms with Crippen molar-refractivity contribution < 1.29 is 9.53 Å². The van der Waals surface area contributed by atoms with Crippen LogP contribution in [0.25, 0.3) is 10.9 Å². The molecule has 106 valence electrons. The Kier molecular flexibility index (Phi) is 4.89. The lowest BCUT2D eigenvalue weighted by molar-refractivity contribution is -0.142. The van der Waals surface area contributed by atoms with Crippen LogP contribution in [-0.4, -0.2) is 34.4 Å². The van der Waals surface area contributed by atoms with Crippen LogP contribution in [0, 0.1) is 0 Å². The molecular formula is C13H16N4O2S. The Labute approximate surface area is 121 Å². The molecule has 1 heterocycles. The van der Waals surface area contributed by atoms with E-state index < -0.39 is 0 Å². The van der Waals surface area contributed by atoms with Crippen molar-refractivity contribution in [2.24, 2.45) is 0 Å². The Morgan fingerprint density at radius 3 is 3.15 bits per heavy atom. The fraction of sp³-hybridized carbons (Fsp3) is 0.308. The SMILES string of the molecule is CCOC(=O)CCNC(=S)Nc1ccc2cn[nH]c2c1. The maximum atomic E-state index is 11.2. The number of hydrogen-bond donors (Lipinski definition) is 3. The number of carbonyl (C=O) groups is 1. The lowest BCUT2D eigenvalue weighted by Gasteiger charge is -2.10. The summed E-state index contributed by atoms with van der Waals surface area (Å²) in [6.07, 6.45) is 2.05. The molecule has 0 spiro atoms. The third-order valence-electron chi connectivity index (χ3n) is 2.62. The number of hydrogen-bond acceptors (Lipinski definition) is 4. The smallest absolute Gasteiger partial charge is 0.307 e. The number of rotatable bonds is 5. The van der Waals surface area contributed by atoms with Gasteiger partial charge in [-0.25, -0.2) is 0 Å². The number of H-pyrrole nitrogens is 1. The van der Waals surface area contributed by atoms with E-state index in [9.17, 15) is 4.79 Å². The molecule has 1 aromatic carbocycles. The first kappa shape index (κ1) is 14.3. The van der Waals surface area contributed by atoms with E-state index in [4.69, 9.17) is 17.0 Å². The van der Waals surface area contributed by atoms with Crippen LogP contribution in [0.1, 0.15) is 13.3 Å². The largest absolute Gasteiger partial charge is 0.466 e. The van der Waals surface area contributed by atoms with Crippen molar-refractivity contribution in [1.82, 2.24) is 15.5 Å². The van der Waals surface area contributed by atoms with Crippen molar-refractivity contribution in [2.75, 3.05) is 18.5 Å². The third-order valence-corrected chi connectivity index (χ3v) is 2.87. The lowest BCUT2D eigenvalue weighted by Crippen LogP contribution is -2.30. The van der Waals surface area contributed by atoms with Crippen LogP contribution in [-0.2, 0) is 9.53 Å². The van der Waals surface area contributed by atoms with E-state index in [1.807, 2.05) is 18.2 Å². The average molecular weight is 292 g/mol. The van der Waals surface area contributed by atoms with Crippen molar-refractivity contribution >= 4 is 39.9 Å². The minimum atomic E-state index is -0.235. The van der Waals surface area contributed by atoms with Crippen LogP contribution >= 0.6 is 12.2 Å². The molecule has 0 aliphatic rings. The molecule has 6 nitrogen and oxygen atoms in total. The second-order valence-electron chi connectivity index (χ2n) is 4.11. The minimum absolute atomic E-state index is 0.235. The number of thiocarbonyl (C=S) groups is 1. The van der Waals surface area contributed by atoms with Crippen LogP contribution in [0.2, 0.25) is 0 Å². The number of esters is 1. The zero-order valence-electron chi connectivity index (χ0n) is 11.1. The summed E-state index contributed by atoms with van der Waals surface area (Å²) in [5, 5.41) is 14.4. The van der Waals surface area contributed by atoms with E-state index >= 15 is 0 Å². The number of aromatic amines is 1. The Morgan fingerprint density at radius 1 is 1.50 bits per heavy atom. The van der Waals surface area contributed by atoms with Gasteiger partial charge in [-0.2, -0.15) is 5.10 Å². The van der Waals surface area contributed by atoms with Crippen molar-refractivity contribution in [2.45, 2.75) is 13.3 Å². The van der Waals surface area contributed by atoms with Gasteiger partial charge in [0.15, 0.2) is 5.11 Å². The molecule has 20 heavy (non-hydrogen) atoms. The molecular weight excluding hydrogens is 276 g/mol. The van der Waals surface area contributed by atoms with Gasteiger partial charge >= 0.3 is 5.97 Å². The lowest BCUT2D eigenvalue weighted by atomic mass is 10.2. The van der Waals surface area contributed by atoms with Crippen LogP contribution < -0.4 is 10.6 Å². The molecule has 0 atom stereocenters. The topological polar surface area (TPSA) is 79.0 Å². The molecule has 1 aromatic heterocycles. The molecule has 0 saturated heterocycles. The van der Waals surface area contributed by atoms with Gasteiger partial charge in [0.1, 0.15) is 0 Å². The first-order chi connectivity index (χ1) is 9.69. The first-order valence-electron chi connectivity index (χ1n) is 6.32. The van der Waals surface area contributed by atoms with Gasteiger partial charge < -0.3 is 15.4 Å². The zero-order valence-corrected chi connectivity index (χ0v) is 11.9. The molecule has 0 bridgehead atoms. The molecule has 0 amide bonds. The van der Waals surface area contributed by atoms with Crippen molar-refractivity contribution in [3.8, 4) is 0 Å². The molecule has 2 rings (SSSR count). The molecule has 0 unspecified atom stereocenters. The van der Waals surface area contributed by atoms with Crippen LogP contribution in [0.15, 0.2) is 24.4 Å². The monoisotopic (exact) mass is 292 g/mol. The molecule has 0 aliphatic carbocycles. The summed E-state index contributed by atoms with van der Waals surface area (Å²) in [5.41, 5.74) is 1.79. The molecule has 3 N–H and O–H groups in total. The number of nitrogens with one attached hydrogen (secondary N) is 3. The summed E-state index contributed by atoms with van der Waals surface area (Å²) in [4.78, 5) is 11.2. The van der Waals surface area contributed by atoms with Crippen molar-refractivity contribution in [3.63, 3.8) is 0 Å². The van der Waals surface area contributed by atoms with E-state index in [1.54, 1.807) is 13.1 Å². The summed E-state index contributed by atoms with van der Waals surface area (Å²) in [7, 11) is 0. The minimum Gasteiger partial charge on any atom is -0.466 e. The number of aromatic nitrogens is 2. The fourth-order valence-electron chi connectivity index (χ4n) is 1.70. The number of nitrogens with zero attached hydrogens (tertiary/aromatic N) is 1. The fourth-order valence-corrected chi connectivity index (χ4v) is 1.92. The number of ether oxygens (including phenoxy) is 1. The maximum absolute atomic E-state index is 11.2. The van der Waals surface area contributed by atoms with E-state index in [2.05, 4.69) is 20.8 Å². The Hall–Kier alpha value is -2.15. The van der Waals surface area contributed by atoms with Gasteiger partial charge in [0.2, 0.25) is 0 Å². The second-order valence-corrected chi connectivity index (χ2v) is 4.52.